The van der Waals surface area contributed by atoms with Crippen LogP contribution in [-0.2, 0) is 0 Å². The van der Waals surface area contributed by atoms with Gasteiger partial charge in [-0.2, -0.15) is 0 Å². The molecule has 0 saturated heterocycles. The van der Waals surface area contributed by atoms with Gasteiger partial charge in [0.1, 0.15) is 6.61 Å². The molecule has 0 heterocycles. The summed E-state index contributed by atoms with van der Waals surface area (Å²) in [6, 6.07) is -0.769. The molecule has 0 fully saturated rings. The van der Waals surface area contributed by atoms with Crippen molar-refractivity contribution in [2.45, 2.75) is 19.4 Å². The Hall–Kier alpha value is -0.640. The normalized spacial score (nSPS) is 13.2. The van der Waals surface area contributed by atoms with Crippen LogP contribution in [0, 0.1) is 10.1 Å². The van der Waals surface area contributed by atoms with Crippen LogP contribution in [0.2, 0.25) is 0 Å². The van der Waals surface area contributed by atoms with Crippen LogP contribution >= 0.6 is 0 Å². The summed E-state index contributed by atoms with van der Waals surface area (Å²) in [5, 5.41) is 18.1. The molecule has 0 bridgehead atoms. The Kier molecular flexibility index (Phi) is 3.10. The van der Waals surface area contributed by atoms with E-state index in [2.05, 4.69) is 0 Å². The van der Waals surface area contributed by atoms with E-state index in [1.54, 1.807) is 6.92 Å². The number of hydrogen-bond acceptors (Lipinski definition) is 3. The van der Waals surface area contributed by atoms with Crippen molar-refractivity contribution >= 4 is 0 Å². The van der Waals surface area contributed by atoms with Crippen LogP contribution in [0.4, 0.5) is 0 Å². The molecule has 0 rings (SSSR count). The summed E-state index contributed by atoms with van der Waals surface area (Å²) in [5.41, 5.74) is 0. The molecular weight excluding hydrogens is 110 g/mol. The van der Waals surface area contributed by atoms with Gasteiger partial charge in [0, 0.05) is 11.3 Å². The molecule has 1 atom stereocenters. The second kappa shape index (κ2) is 3.37. The van der Waals surface area contributed by atoms with Crippen molar-refractivity contribution in [2.24, 2.45) is 0 Å². The summed E-state index contributed by atoms with van der Waals surface area (Å²) >= 11 is 0. The minimum absolute atomic E-state index is 0.358. The molecule has 0 radical (unpaired) electrons. The van der Waals surface area contributed by atoms with Gasteiger partial charge in [-0.05, 0) is 0 Å². The Morgan fingerprint density at radius 3 is 2.38 bits per heavy atom. The van der Waals surface area contributed by atoms with E-state index >= 15 is 0 Å². The van der Waals surface area contributed by atoms with E-state index in [-0.39, 0.29) is 6.61 Å². The summed E-state index contributed by atoms with van der Waals surface area (Å²) in [7, 11) is 0. The highest BCUT2D eigenvalue weighted by Crippen LogP contribution is 1.92. The molecule has 4 heteroatoms. The first-order chi connectivity index (χ1) is 3.72. The maximum Gasteiger partial charge on any atom is 0.235 e. The summed E-state index contributed by atoms with van der Waals surface area (Å²) in [6.45, 7) is 1.31. The number of nitro groups is 1. The lowest BCUT2D eigenvalue weighted by molar-refractivity contribution is -0.526. The van der Waals surface area contributed by atoms with Crippen LogP contribution in [0.5, 0.6) is 0 Å². The molecule has 4 nitrogen and oxygen atoms in total. The van der Waals surface area contributed by atoms with Crippen molar-refractivity contribution in [1.82, 2.24) is 0 Å². The van der Waals surface area contributed by atoms with Crippen LogP contribution in [-0.4, -0.2) is 22.7 Å². The Labute approximate surface area is 47.3 Å². The van der Waals surface area contributed by atoms with E-state index in [9.17, 15) is 10.1 Å². The average molecular weight is 119 g/mol. The average Bonchev–Trinajstić information content (AvgIpc) is 1.69. The number of nitrogens with zero attached hydrogens (tertiary/aromatic N) is 1. The SMILES string of the molecule is CC[C@@H](CO)[N+](=O)[O-]. The third kappa shape index (κ3) is 1.88. The fraction of sp³-hybridized carbons (Fsp3) is 1.00. The van der Waals surface area contributed by atoms with Gasteiger partial charge in [-0.1, -0.05) is 6.92 Å². The maximum atomic E-state index is 9.81. The number of hydrogen-bond donors (Lipinski definition) is 1. The van der Waals surface area contributed by atoms with E-state index < -0.39 is 11.0 Å². The molecule has 0 spiro atoms. The van der Waals surface area contributed by atoms with Crippen molar-refractivity contribution in [1.29, 1.82) is 0 Å². The summed E-state index contributed by atoms with van der Waals surface area (Å²) < 4.78 is 0. The fourth-order valence-electron chi connectivity index (χ4n) is 0.345. The lowest BCUT2D eigenvalue weighted by Gasteiger charge is -1.99. The molecule has 48 valence electrons. The summed E-state index contributed by atoms with van der Waals surface area (Å²) in [5.74, 6) is 0. The van der Waals surface area contributed by atoms with Crippen LogP contribution in [0.3, 0.4) is 0 Å². The zero-order chi connectivity index (χ0) is 6.57. The second-order valence-electron chi connectivity index (χ2n) is 1.53. The largest absolute Gasteiger partial charge is 0.389 e. The number of aliphatic hydroxyl groups is 1. The van der Waals surface area contributed by atoms with Crippen molar-refractivity contribution in [3.63, 3.8) is 0 Å². The molecule has 0 saturated carbocycles. The van der Waals surface area contributed by atoms with E-state index in [0.29, 0.717) is 6.42 Å². The molecule has 0 amide bonds. The number of aliphatic hydroxyl groups excluding tert-OH is 1. The van der Waals surface area contributed by atoms with Crippen molar-refractivity contribution in [2.75, 3.05) is 6.61 Å². The first kappa shape index (κ1) is 7.36. The van der Waals surface area contributed by atoms with Gasteiger partial charge in [0.2, 0.25) is 6.04 Å². The van der Waals surface area contributed by atoms with Gasteiger partial charge in [-0.25, -0.2) is 0 Å². The first-order valence-electron chi connectivity index (χ1n) is 2.46. The Morgan fingerprint density at radius 2 is 2.38 bits per heavy atom. The maximum absolute atomic E-state index is 9.81. The van der Waals surface area contributed by atoms with Crippen LogP contribution in [0.25, 0.3) is 0 Å². The predicted molar refractivity (Wildman–Crippen MR) is 28.2 cm³/mol. The molecule has 0 aliphatic rings. The third-order valence-corrected chi connectivity index (χ3v) is 0.980. The monoisotopic (exact) mass is 119 g/mol. The summed E-state index contributed by atoms with van der Waals surface area (Å²) in [6.07, 6.45) is 0.392. The Bertz CT molecular complexity index is 79.4. The molecule has 8 heavy (non-hydrogen) atoms. The van der Waals surface area contributed by atoms with Crippen molar-refractivity contribution < 1.29 is 10.0 Å². The van der Waals surface area contributed by atoms with Gasteiger partial charge >= 0.3 is 0 Å². The standard InChI is InChI=1S/C4H9NO3/c1-2-4(3-6)5(7)8/h4,6H,2-3H2,1H3/t4-/m0/s1. The van der Waals surface area contributed by atoms with E-state index in [4.69, 9.17) is 5.11 Å². The zero-order valence-corrected chi connectivity index (χ0v) is 4.70. The molecule has 0 aliphatic carbocycles. The van der Waals surface area contributed by atoms with Crippen LogP contribution in [0.15, 0.2) is 0 Å². The fourth-order valence-corrected chi connectivity index (χ4v) is 0.345. The first-order valence-corrected chi connectivity index (χ1v) is 2.46. The van der Waals surface area contributed by atoms with Gasteiger partial charge in [-0.15, -0.1) is 0 Å². The van der Waals surface area contributed by atoms with E-state index in [1.807, 2.05) is 0 Å². The summed E-state index contributed by atoms with van der Waals surface area (Å²) in [4.78, 5) is 9.33. The lowest BCUT2D eigenvalue weighted by Crippen LogP contribution is -2.22. The predicted octanol–water partition coefficient (Wildman–Crippen LogP) is 0.0340. The van der Waals surface area contributed by atoms with Crippen LogP contribution < -0.4 is 0 Å². The van der Waals surface area contributed by atoms with Crippen LogP contribution in [0.1, 0.15) is 13.3 Å². The van der Waals surface area contributed by atoms with Gasteiger partial charge in [0.05, 0.1) is 0 Å². The highest BCUT2D eigenvalue weighted by molar-refractivity contribution is 4.47. The molecule has 0 aromatic heterocycles. The Morgan fingerprint density at radius 1 is 1.88 bits per heavy atom. The van der Waals surface area contributed by atoms with Gasteiger partial charge in [0.25, 0.3) is 0 Å². The van der Waals surface area contributed by atoms with Gasteiger partial charge < -0.3 is 5.11 Å². The third-order valence-electron chi connectivity index (χ3n) is 0.980. The Balaban J connectivity index is 3.52. The second-order valence-corrected chi connectivity index (χ2v) is 1.53. The van der Waals surface area contributed by atoms with Gasteiger partial charge in [0.15, 0.2) is 0 Å². The van der Waals surface area contributed by atoms with Gasteiger partial charge in [-0.3, -0.25) is 10.1 Å². The highest BCUT2D eigenvalue weighted by atomic mass is 16.6. The molecule has 0 aromatic rings. The molecule has 1 N–H and O–H groups in total. The highest BCUT2D eigenvalue weighted by Gasteiger charge is 2.13. The molecule has 0 unspecified atom stereocenters. The van der Waals surface area contributed by atoms with E-state index in [1.165, 1.54) is 0 Å². The molecule has 0 aliphatic heterocycles. The molecule has 0 aromatic carbocycles. The van der Waals surface area contributed by atoms with E-state index in [0.717, 1.165) is 0 Å². The minimum atomic E-state index is -0.769. The van der Waals surface area contributed by atoms with Crippen molar-refractivity contribution in [3.05, 3.63) is 10.1 Å². The number of rotatable bonds is 3. The molecular formula is C4H9NO3. The van der Waals surface area contributed by atoms with Crippen molar-refractivity contribution in [3.8, 4) is 0 Å². The smallest absolute Gasteiger partial charge is 0.235 e. The minimum Gasteiger partial charge on any atom is -0.389 e. The lowest BCUT2D eigenvalue weighted by atomic mass is 10.3. The zero-order valence-electron chi connectivity index (χ0n) is 4.70. The quantitative estimate of drug-likeness (QED) is 0.421. The topological polar surface area (TPSA) is 63.4 Å².